The van der Waals surface area contributed by atoms with Gasteiger partial charge in [0.25, 0.3) is 0 Å². The molecule has 0 atom stereocenters. The number of nitrogens with one attached hydrogen (secondary N) is 2. The second kappa shape index (κ2) is 6.06. The molecule has 0 saturated carbocycles. The van der Waals surface area contributed by atoms with Crippen molar-refractivity contribution in [2.45, 2.75) is 6.92 Å². The number of ether oxygens (including phenoxy) is 1. The SMILES string of the molecule is COc1ccc(NC(=O)Nc2ccc(C)cc2)c(F)c1. The molecule has 2 aromatic carbocycles. The highest BCUT2D eigenvalue weighted by Crippen LogP contribution is 2.20. The largest absolute Gasteiger partial charge is 0.497 e. The Labute approximate surface area is 116 Å². The van der Waals surface area contributed by atoms with Crippen LogP contribution in [0.15, 0.2) is 42.5 Å². The molecule has 0 aliphatic heterocycles. The number of amides is 2. The van der Waals surface area contributed by atoms with Gasteiger partial charge < -0.3 is 15.4 Å². The average molecular weight is 274 g/mol. The molecule has 0 aliphatic rings. The van der Waals surface area contributed by atoms with Crippen LogP contribution in [0.1, 0.15) is 5.56 Å². The lowest BCUT2D eigenvalue weighted by atomic mass is 10.2. The first-order chi connectivity index (χ1) is 9.58. The molecule has 2 amide bonds. The zero-order valence-corrected chi connectivity index (χ0v) is 11.2. The molecule has 2 aromatic rings. The summed E-state index contributed by atoms with van der Waals surface area (Å²) in [6, 6.07) is 11.0. The highest BCUT2D eigenvalue weighted by molar-refractivity contribution is 5.99. The number of urea groups is 1. The van der Waals surface area contributed by atoms with Gasteiger partial charge in [-0.25, -0.2) is 9.18 Å². The Balaban J connectivity index is 2.02. The van der Waals surface area contributed by atoms with Gasteiger partial charge >= 0.3 is 6.03 Å². The van der Waals surface area contributed by atoms with Crippen LogP contribution in [0, 0.1) is 12.7 Å². The Morgan fingerprint density at radius 1 is 1.10 bits per heavy atom. The number of methoxy groups -OCH3 is 1. The molecule has 0 heterocycles. The van der Waals surface area contributed by atoms with Crippen molar-refractivity contribution in [2.75, 3.05) is 17.7 Å². The van der Waals surface area contributed by atoms with Gasteiger partial charge in [0.15, 0.2) is 0 Å². The molecule has 5 heteroatoms. The Bertz CT molecular complexity index is 612. The number of halogens is 1. The lowest BCUT2D eigenvalue weighted by molar-refractivity contribution is 0.262. The second-order valence-electron chi connectivity index (χ2n) is 4.29. The maximum absolute atomic E-state index is 13.7. The molecule has 104 valence electrons. The van der Waals surface area contributed by atoms with Gasteiger partial charge in [-0.3, -0.25) is 0 Å². The molecule has 0 radical (unpaired) electrons. The van der Waals surface area contributed by atoms with Crippen LogP contribution >= 0.6 is 0 Å². The highest BCUT2D eigenvalue weighted by atomic mass is 19.1. The number of anilines is 2. The molecule has 0 unspecified atom stereocenters. The van der Waals surface area contributed by atoms with Gasteiger partial charge in [0.2, 0.25) is 0 Å². The van der Waals surface area contributed by atoms with Crippen LogP contribution in [0.5, 0.6) is 5.75 Å². The third-order valence-electron chi connectivity index (χ3n) is 2.73. The molecular formula is C15H15FN2O2. The van der Waals surface area contributed by atoms with Crippen molar-refractivity contribution < 1.29 is 13.9 Å². The van der Waals surface area contributed by atoms with E-state index in [1.165, 1.54) is 19.2 Å². The molecular weight excluding hydrogens is 259 g/mol. The van der Waals surface area contributed by atoms with Crippen molar-refractivity contribution in [2.24, 2.45) is 0 Å². The molecule has 0 fully saturated rings. The van der Waals surface area contributed by atoms with Crippen molar-refractivity contribution in [1.82, 2.24) is 0 Å². The first-order valence-electron chi connectivity index (χ1n) is 6.06. The first-order valence-corrected chi connectivity index (χ1v) is 6.06. The lowest BCUT2D eigenvalue weighted by Gasteiger charge is -2.09. The Hall–Kier alpha value is -2.56. The van der Waals surface area contributed by atoms with Crippen molar-refractivity contribution >= 4 is 17.4 Å². The number of carbonyl (C=O) groups excluding carboxylic acids is 1. The quantitative estimate of drug-likeness (QED) is 0.894. The van der Waals surface area contributed by atoms with Crippen molar-refractivity contribution in [3.63, 3.8) is 0 Å². The summed E-state index contributed by atoms with van der Waals surface area (Å²) in [6.45, 7) is 1.95. The summed E-state index contributed by atoms with van der Waals surface area (Å²) in [5.74, 6) is -0.157. The van der Waals surface area contributed by atoms with Gasteiger partial charge in [-0.15, -0.1) is 0 Å². The predicted molar refractivity (Wildman–Crippen MR) is 76.8 cm³/mol. The van der Waals surface area contributed by atoms with Gasteiger partial charge in [0.1, 0.15) is 11.6 Å². The van der Waals surface area contributed by atoms with Gasteiger partial charge in [-0.2, -0.15) is 0 Å². The topological polar surface area (TPSA) is 50.4 Å². The Morgan fingerprint density at radius 2 is 1.80 bits per heavy atom. The molecule has 0 spiro atoms. The third-order valence-corrected chi connectivity index (χ3v) is 2.73. The second-order valence-corrected chi connectivity index (χ2v) is 4.29. The summed E-state index contributed by atoms with van der Waals surface area (Å²) in [6.07, 6.45) is 0. The number of hydrogen-bond donors (Lipinski definition) is 2. The minimum atomic E-state index is -0.552. The van der Waals surface area contributed by atoms with E-state index in [-0.39, 0.29) is 5.69 Å². The molecule has 0 saturated heterocycles. The minimum Gasteiger partial charge on any atom is -0.497 e. The molecule has 20 heavy (non-hydrogen) atoms. The monoisotopic (exact) mass is 274 g/mol. The van der Waals surface area contributed by atoms with E-state index in [2.05, 4.69) is 10.6 Å². The number of benzene rings is 2. The number of hydrogen-bond acceptors (Lipinski definition) is 2. The molecule has 0 bridgehead atoms. The Kier molecular flexibility index (Phi) is 4.20. The zero-order chi connectivity index (χ0) is 14.5. The van der Waals surface area contributed by atoms with Crippen LogP contribution in [0.25, 0.3) is 0 Å². The van der Waals surface area contributed by atoms with E-state index in [0.717, 1.165) is 5.56 Å². The van der Waals surface area contributed by atoms with E-state index in [9.17, 15) is 9.18 Å². The van der Waals surface area contributed by atoms with Crippen molar-refractivity contribution in [3.05, 3.63) is 53.8 Å². The first kappa shape index (κ1) is 13.9. The molecule has 2 rings (SSSR count). The number of carbonyl (C=O) groups is 1. The molecule has 2 N–H and O–H groups in total. The summed E-state index contributed by atoms with van der Waals surface area (Å²) < 4.78 is 18.6. The fourth-order valence-corrected chi connectivity index (χ4v) is 1.65. The van der Waals surface area contributed by atoms with Gasteiger partial charge in [0, 0.05) is 11.8 Å². The summed E-state index contributed by atoms with van der Waals surface area (Å²) >= 11 is 0. The average Bonchev–Trinajstić information content (AvgIpc) is 2.43. The van der Waals surface area contributed by atoms with Crippen molar-refractivity contribution in [1.29, 1.82) is 0 Å². The molecule has 0 aliphatic carbocycles. The van der Waals surface area contributed by atoms with Gasteiger partial charge in [-0.05, 0) is 31.2 Å². The molecule has 4 nitrogen and oxygen atoms in total. The van der Waals surface area contributed by atoms with Crippen LogP contribution in [-0.2, 0) is 0 Å². The summed E-state index contributed by atoms with van der Waals surface area (Å²) in [5.41, 5.74) is 1.83. The van der Waals surface area contributed by atoms with E-state index in [1.807, 2.05) is 19.1 Å². The minimum absolute atomic E-state index is 0.0930. The van der Waals surface area contributed by atoms with Crippen LogP contribution in [-0.4, -0.2) is 13.1 Å². The summed E-state index contributed by atoms with van der Waals surface area (Å²) in [5, 5.41) is 5.07. The van der Waals surface area contributed by atoms with Gasteiger partial charge in [-0.1, -0.05) is 17.7 Å². The van der Waals surface area contributed by atoms with E-state index in [0.29, 0.717) is 11.4 Å². The molecule has 0 aromatic heterocycles. The normalized spacial score (nSPS) is 9.95. The summed E-state index contributed by atoms with van der Waals surface area (Å²) in [7, 11) is 1.45. The van der Waals surface area contributed by atoms with Crippen LogP contribution < -0.4 is 15.4 Å². The number of aryl methyl sites for hydroxylation is 1. The fraction of sp³-hybridized carbons (Fsp3) is 0.133. The summed E-state index contributed by atoms with van der Waals surface area (Å²) in [4.78, 5) is 11.8. The van der Waals surface area contributed by atoms with E-state index in [1.54, 1.807) is 18.2 Å². The van der Waals surface area contributed by atoms with E-state index in [4.69, 9.17) is 4.74 Å². The lowest BCUT2D eigenvalue weighted by Crippen LogP contribution is -2.20. The highest BCUT2D eigenvalue weighted by Gasteiger charge is 2.08. The zero-order valence-electron chi connectivity index (χ0n) is 11.2. The smallest absolute Gasteiger partial charge is 0.323 e. The Morgan fingerprint density at radius 3 is 2.40 bits per heavy atom. The third kappa shape index (κ3) is 3.47. The van der Waals surface area contributed by atoms with Crippen LogP contribution in [0.4, 0.5) is 20.6 Å². The van der Waals surface area contributed by atoms with Gasteiger partial charge in [0.05, 0.1) is 12.8 Å². The van der Waals surface area contributed by atoms with Crippen molar-refractivity contribution in [3.8, 4) is 5.75 Å². The maximum Gasteiger partial charge on any atom is 0.323 e. The predicted octanol–water partition coefficient (Wildman–Crippen LogP) is 3.79. The standard InChI is InChI=1S/C15H15FN2O2/c1-10-3-5-11(6-4-10)17-15(19)18-14-8-7-12(20-2)9-13(14)16/h3-9H,1-2H3,(H2,17,18,19). The fourth-order valence-electron chi connectivity index (χ4n) is 1.65. The van der Waals surface area contributed by atoms with Crippen LogP contribution in [0.3, 0.4) is 0 Å². The van der Waals surface area contributed by atoms with Crippen LogP contribution in [0.2, 0.25) is 0 Å². The van der Waals surface area contributed by atoms with E-state index >= 15 is 0 Å². The number of rotatable bonds is 3. The maximum atomic E-state index is 13.7. The van der Waals surface area contributed by atoms with E-state index < -0.39 is 11.8 Å².